The second kappa shape index (κ2) is 7.24. The Bertz CT molecular complexity index is 860. The standard InChI is InChI=1S/C19H20ClFN2O/c1-2-23-12-14(19-17(23)9-16(21)10-18(19)24)6-7-22-11-13-4-3-5-15(20)8-13/h3-5,8-10,12,22,24H,2,6-7,11H2,1H3. The van der Waals surface area contributed by atoms with Gasteiger partial charge in [0.1, 0.15) is 11.6 Å². The van der Waals surface area contributed by atoms with Crippen molar-refractivity contribution in [1.82, 2.24) is 9.88 Å². The molecule has 0 saturated heterocycles. The first-order valence-electron chi connectivity index (χ1n) is 8.04. The van der Waals surface area contributed by atoms with Crippen molar-refractivity contribution < 1.29 is 9.50 Å². The van der Waals surface area contributed by atoms with E-state index in [1.165, 1.54) is 12.1 Å². The average Bonchev–Trinajstić information content (AvgIpc) is 2.89. The summed E-state index contributed by atoms with van der Waals surface area (Å²) in [5, 5.41) is 15.0. The molecule has 3 rings (SSSR count). The second-order valence-electron chi connectivity index (χ2n) is 5.82. The Morgan fingerprint density at radius 1 is 1.25 bits per heavy atom. The Morgan fingerprint density at radius 2 is 2.08 bits per heavy atom. The maximum Gasteiger partial charge on any atom is 0.129 e. The molecule has 0 amide bonds. The predicted octanol–water partition coefficient (Wildman–Crippen LogP) is 4.49. The van der Waals surface area contributed by atoms with Crippen molar-refractivity contribution in [3.05, 3.63) is 64.6 Å². The Balaban J connectivity index is 1.71. The first-order chi connectivity index (χ1) is 11.6. The summed E-state index contributed by atoms with van der Waals surface area (Å²) in [4.78, 5) is 0. The van der Waals surface area contributed by atoms with Crippen LogP contribution in [0.25, 0.3) is 10.9 Å². The van der Waals surface area contributed by atoms with Crippen molar-refractivity contribution in [1.29, 1.82) is 0 Å². The molecule has 0 unspecified atom stereocenters. The van der Waals surface area contributed by atoms with Gasteiger partial charge in [-0.2, -0.15) is 0 Å². The number of rotatable bonds is 6. The van der Waals surface area contributed by atoms with E-state index in [4.69, 9.17) is 11.6 Å². The zero-order valence-corrected chi connectivity index (χ0v) is 14.3. The lowest BCUT2D eigenvalue weighted by atomic mass is 10.1. The van der Waals surface area contributed by atoms with Gasteiger partial charge in [0.25, 0.3) is 0 Å². The van der Waals surface area contributed by atoms with Crippen molar-refractivity contribution in [3.63, 3.8) is 0 Å². The van der Waals surface area contributed by atoms with Gasteiger partial charge in [0, 0.05) is 35.8 Å². The summed E-state index contributed by atoms with van der Waals surface area (Å²) in [5.74, 6) is -0.416. The van der Waals surface area contributed by atoms with Gasteiger partial charge in [-0.1, -0.05) is 23.7 Å². The van der Waals surface area contributed by atoms with Crippen LogP contribution < -0.4 is 5.32 Å². The highest BCUT2D eigenvalue weighted by Crippen LogP contribution is 2.31. The largest absolute Gasteiger partial charge is 0.507 e. The van der Waals surface area contributed by atoms with Crippen LogP contribution in [0.2, 0.25) is 5.02 Å². The summed E-state index contributed by atoms with van der Waals surface area (Å²) in [6.07, 6.45) is 2.74. The van der Waals surface area contributed by atoms with Crippen LogP contribution >= 0.6 is 11.6 Å². The fourth-order valence-electron chi connectivity index (χ4n) is 3.01. The van der Waals surface area contributed by atoms with Gasteiger partial charge in [0.2, 0.25) is 0 Å². The molecule has 0 bridgehead atoms. The molecule has 0 aliphatic heterocycles. The van der Waals surface area contributed by atoms with Crippen molar-refractivity contribution in [2.75, 3.05) is 6.54 Å². The van der Waals surface area contributed by atoms with Crippen LogP contribution in [0.5, 0.6) is 5.75 Å². The number of hydrogen-bond donors (Lipinski definition) is 2. The molecule has 0 saturated carbocycles. The molecule has 0 atom stereocenters. The lowest BCUT2D eigenvalue weighted by Crippen LogP contribution is -2.16. The minimum Gasteiger partial charge on any atom is -0.507 e. The SMILES string of the molecule is CCn1cc(CCNCc2cccc(Cl)c2)c2c(O)cc(F)cc21. The predicted molar refractivity (Wildman–Crippen MR) is 96.1 cm³/mol. The number of phenols is 1. The summed E-state index contributed by atoms with van der Waals surface area (Å²) in [6, 6.07) is 10.4. The average molecular weight is 347 g/mol. The molecule has 5 heteroatoms. The molecule has 2 aromatic carbocycles. The Labute approximate surface area is 145 Å². The second-order valence-corrected chi connectivity index (χ2v) is 6.25. The molecule has 1 heterocycles. The number of fused-ring (bicyclic) bond motifs is 1. The number of hydrogen-bond acceptors (Lipinski definition) is 2. The highest BCUT2D eigenvalue weighted by atomic mass is 35.5. The smallest absolute Gasteiger partial charge is 0.129 e. The summed E-state index contributed by atoms with van der Waals surface area (Å²) >= 11 is 5.98. The third-order valence-electron chi connectivity index (χ3n) is 4.13. The molecule has 3 aromatic rings. The van der Waals surface area contributed by atoms with E-state index in [2.05, 4.69) is 5.32 Å². The van der Waals surface area contributed by atoms with Crippen LogP contribution in [-0.2, 0) is 19.5 Å². The maximum atomic E-state index is 13.6. The molecule has 0 aliphatic carbocycles. The molecule has 0 radical (unpaired) electrons. The van der Waals surface area contributed by atoms with E-state index in [0.717, 1.165) is 53.1 Å². The number of nitrogens with one attached hydrogen (secondary N) is 1. The normalized spacial score (nSPS) is 11.3. The lowest BCUT2D eigenvalue weighted by molar-refractivity contribution is 0.475. The number of benzene rings is 2. The minimum absolute atomic E-state index is 0.00189. The third kappa shape index (κ3) is 3.55. The summed E-state index contributed by atoms with van der Waals surface area (Å²) in [7, 11) is 0. The zero-order valence-electron chi connectivity index (χ0n) is 13.5. The van der Waals surface area contributed by atoms with Gasteiger partial charge >= 0.3 is 0 Å². The number of aromatic hydroxyl groups is 1. The molecule has 126 valence electrons. The van der Waals surface area contributed by atoms with Crippen molar-refractivity contribution >= 4 is 22.5 Å². The summed E-state index contributed by atoms with van der Waals surface area (Å²) in [5.41, 5.74) is 2.88. The van der Waals surface area contributed by atoms with Crippen LogP contribution in [0.15, 0.2) is 42.6 Å². The molecule has 0 spiro atoms. The first kappa shape index (κ1) is 16.8. The molecule has 0 aliphatic rings. The maximum absolute atomic E-state index is 13.6. The molecule has 2 N–H and O–H groups in total. The van der Waals surface area contributed by atoms with Gasteiger partial charge in [-0.05, 0) is 49.2 Å². The van der Waals surface area contributed by atoms with Crippen molar-refractivity contribution in [3.8, 4) is 5.75 Å². The molecule has 1 aromatic heterocycles. The first-order valence-corrected chi connectivity index (χ1v) is 8.41. The Morgan fingerprint density at radius 3 is 2.83 bits per heavy atom. The zero-order chi connectivity index (χ0) is 17.1. The Hall–Kier alpha value is -2.04. The number of nitrogens with zero attached hydrogens (tertiary/aromatic N) is 1. The van der Waals surface area contributed by atoms with E-state index in [1.54, 1.807) is 0 Å². The van der Waals surface area contributed by atoms with Gasteiger partial charge in [0.05, 0.1) is 5.52 Å². The van der Waals surface area contributed by atoms with Crippen LogP contribution in [-0.4, -0.2) is 16.2 Å². The number of phenolic OH excluding ortho intramolecular Hbond substituents is 1. The van der Waals surface area contributed by atoms with Crippen LogP contribution in [0, 0.1) is 5.82 Å². The fraction of sp³-hybridized carbons (Fsp3) is 0.263. The number of aromatic nitrogens is 1. The molecule has 24 heavy (non-hydrogen) atoms. The van der Waals surface area contributed by atoms with Gasteiger partial charge in [0.15, 0.2) is 0 Å². The van der Waals surface area contributed by atoms with E-state index < -0.39 is 5.82 Å². The van der Waals surface area contributed by atoms with Gasteiger partial charge < -0.3 is 15.0 Å². The van der Waals surface area contributed by atoms with Crippen LogP contribution in [0.1, 0.15) is 18.1 Å². The van der Waals surface area contributed by atoms with E-state index in [1.807, 2.05) is 42.0 Å². The van der Waals surface area contributed by atoms with Crippen LogP contribution in [0.4, 0.5) is 4.39 Å². The van der Waals surface area contributed by atoms with Crippen molar-refractivity contribution in [2.24, 2.45) is 0 Å². The van der Waals surface area contributed by atoms with E-state index in [0.29, 0.717) is 0 Å². The van der Waals surface area contributed by atoms with E-state index in [-0.39, 0.29) is 5.75 Å². The van der Waals surface area contributed by atoms with Gasteiger partial charge in [-0.3, -0.25) is 0 Å². The summed E-state index contributed by atoms with van der Waals surface area (Å²) < 4.78 is 15.5. The van der Waals surface area contributed by atoms with Gasteiger partial charge in [-0.25, -0.2) is 4.39 Å². The van der Waals surface area contributed by atoms with Crippen molar-refractivity contribution in [2.45, 2.75) is 26.4 Å². The fourth-order valence-corrected chi connectivity index (χ4v) is 3.22. The van der Waals surface area contributed by atoms with Gasteiger partial charge in [-0.15, -0.1) is 0 Å². The van der Waals surface area contributed by atoms with Crippen LogP contribution in [0.3, 0.4) is 0 Å². The molecule has 3 nitrogen and oxygen atoms in total. The summed E-state index contributed by atoms with van der Waals surface area (Å²) in [6.45, 7) is 4.22. The lowest BCUT2D eigenvalue weighted by Gasteiger charge is -2.06. The van der Waals surface area contributed by atoms with E-state index >= 15 is 0 Å². The monoisotopic (exact) mass is 346 g/mol. The third-order valence-corrected chi connectivity index (χ3v) is 4.37. The van der Waals surface area contributed by atoms with E-state index in [9.17, 15) is 9.50 Å². The quantitative estimate of drug-likeness (QED) is 0.645. The number of aryl methyl sites for hydroxylation is 1. The Kier molecular flexibility index (Phi) is 5.07. The minimum atomic E-state index is -0.418. The molecular weight excluding hydrogens is 327 g/mol. The highest BCUT2D eigenvalue weighted by molar-refractivity contribution is 6.30. The molecule has 0 fully saturated rings. The topological polar surface area (TPSA) is 37.2 Å². The highest BCUT2D eigenvalue weighted by Gasteiger charge is 2.13. The molecular formula is C19H20ClFN2O. The number of halogens is 2.